The molecule has 1 aliphatic rings. The minimum absolute atomic E-state index is 1.21. The molecule has 1 aliphatic carbocycles. The predicted molar refractivity (Wildman–Crippen MR) is 213 cm³/mol. The Hall–Kier alpha value is -6.50. The van der Waals surface area contributed by atoms with Crippen molar-refractivity contribution in [3.63, 3.8) is 0 Å². The Morgan fingerprint density at radius 3 is 1.24 bits per heavy atom. The van der Waals surface area contributed by atoms with Gasteiger partial charge in [-0.25, -0.2) is 0 Å². The Kier molecular flexibility index (Phi) is 6.60. The third kappa shape index (κ3) is 4.32. The van der Waals surface area contributed by atoms with Gasteiger partial charge in [0.1, 0.15) is 0 Å². The summed E-state index contributed by atoms with van der Waals surface area (Å²) in [5.41, 5.74) is 17.6. The number of fused-ring (bicyclic) bond motifs is 4. The van der Waals surface area contributed by atoms with E-state index in [4.69, 9.17) is 0 Å². The summed E-state index contributed by atoms with van der Waals surface area (Å²) < 4.78 is 0. The van der Waals surface area contributed by atoms with Gasteiger partial charge in [0, 0.05) is 0 Å². The summed E-state index contributed by atoms with van der Waals surface area (Å²) in [5, 5.41) is 5.11. The van der Waals surface area contributed by atoms with Crippen LogP contribution in [0.4, 0.5) is 0 Å². The molecule has 0 heteroatoms. The van der Waals surface area contributed by atoms with E-state index >= 15 is 0 Å². The van der Waals surface area contributed by atoms with Crippen molar-refractivity contribution in [3.8, 4) is 77.9 Å². The van der Waals surface area contributed by atoms with Crippen molar-refractivity contribution in [1.29, 1.82) is 0 Å². The van der Waals surface area contributed by atoms with E-state index in [0.29, 0.717) is 0 Å². The van der Waals surface area contributed by atoms with Gasteiger partial charge in [-0.3, -0.25) is 0 Å². The zero-order chi connectivity index (χ0) is 33.0. The summed E-state index contributed by atoms with van der Waals surface area (Å²) in [7, 11) is 0. The molecular formula is C50H32. The maximum absolute atomic E-state index is 2.35. The molecule has 9 aromatic rings. The smallest absolute Gasteiger partial charge is 0.000719 e. The largest absolute Gasteiger partial charge is 0.0622 e. The molecular weight excluding hydrogens is 601 g/mol. The van der Waals surface area contributed by atoms with Gasteiger partial charge >= 0.3 is 0 Å². The van der Waals surface area contributed by atoms with Crippen LogP contribution in [0.25, 0.3) is 99.4 Å². The van der Waals surface area contributed by atoms with Crippen molar-refractivity contribution in [2.24, 2.45) is 0 Å². The first kappa shape index (κ1) is 28.5. The highest BCUT2D eigenvalue weighted by atomic mass is 14.3. The summed E-state index contributed by atoms with van der Waals surface area (Å²) in [6.45, 7) is 0. The van der Waals surface area contributed by atoms with Gasteiger partial charge in [0.25, 0.3) is 0 Å². The molecule has 0 N–H and O–H groups in total. The minimum Gasteiger partial charge on any atom is -0.0622 e. The first-order valence-electron chi connectivity index (χ1n) is 17.4. The Morgan fingerprint density at radius 1 is 0.200 bits per heavy atom. The van der Waals surface area contributed by atoms with Gasteiger partial charge in [-0.05, 0) is 99.4 Å². The zero-order valence-corrected chi connectivity index (χ0v) is 27.5. The van der Waals surface area contributed by atoms with Crippen LogP contribution in [0.5, 0.6) is 0 Å². The van der Waals surface area contributed by atoms with Crippen LogP contribution in [0.2, 0.25) is 0 Å². The van der Waals surface area contributed by atoms with Crippen LogP contribution in [-0.2, 0) is 0 Å². The molecule has 232 valence electrons. The lowest BCUT2D eigenvalue weighted by molar-refractivity contribution is 1.56. The third-order valence-corrected chi connectivity index (χ3v) is 10.4. The lowest BCUT2D eigenvalue weighted by atomic mass is 9.77. The molecule has 10 rings (SSSR count). The molecule has 0 saturated carbocycles. The summed E-state index contributed by atoms with van der Waals surface area (Å²) in [4.78, 5) is 0. The van der Waals surface area contributed by atoms with Gasteiger partial charge in [-0.15, -0.1) is 0 Å². The van der Waals surface area contributed by atoms with Crippen LogP contribution >= 0.6 is 0 Å². The molecule has 0 amide bonds. The van der Waals surface area contributed by atoms with Gasteiger partial charge in [0.05, 0.1) is 0 Å². The highest BCUT2D eigenvalue weighted by molar-refractivity contribution is 6.28. The van der Waals surface area contributed by atoms with Gasteiger partial charge in [0.2, 0.25) is 0 Å². The molecule has 0 aliphatic heterocycles. The van der Waals surface area contributed by atoms with Gasteiger partial charge in [0.15, 0.2) is 0 Å². The molecule has 50 heavy (non-hydrogen) atoms. The highest BCUT2D eigenvalue weighted by Crippen LogP contribution is 2.59. The summed E-state index contributed by atoms with van der Waals surface area (Å²) >= 11 is 0. The first-order chi connectivity index (χ1) is 24.9. The van der Waals surface area contributed by atoms with Crippen molar-refractivity contribution in [3.05, 3.63) is 194 Å². The van der Waals surface area contributed by atoms with Crippen LogP contribution in [0, 0.1) is 0 Å². The maximum Gasteiger partial charge on any atom is -0.000719 e. The van der Waals surface area contributed by atoms with Crippen molar-refractivity contribution in [2.45, 2.75) is 0 Å². The Bertz CT molecular complexity index is 2730. The van der Waals surface area contributed by atoms with Crippen LogP contribution in [-0.4, -0.2) is 0 Å². The van der Waals surface area contributed by atoms with Crippen LogP contribution < -0.4 is 0 Å². The molecule has 0 nitrogen and oxygen atoms in total. The third-order valence-electron chi connectivity index (χ3n) is 10.4. The molecule has 0 aromatic heterocycles. The quantitative estimate of drug-likeness (QED) is 0.177. The fraction of sp³-hybridized carbons (Fsp3) is 0. The van der Waals surface area contributed by atoms with E-state index in [1.165, 1.54) is 99.4 Å². The predicted octanol–water partition coefficient (Wildman–Crippen LogP) is 14.0. The Labute approximate surface area is 292 Å². The van der Waals surface area contributed by atoms with Crippen LogP contribution in [0.15, 0.2) is 194 Å². The van der Waals surface area contributed by atoms with E-state index in [1.807, 2.05) is 0 Å². The van der Waals surface area contributed by atoms with Crippen LogP contribution in [0.3, 0.4) is 0 Å². The first-order valence-corrected chi connectivity index (χ1v) is 17.4. The van der Waals surface area contributed by atoms with Crippen LogP contribution in [0.1, 0.15) is 0 Å². The van der Waals surface area contributed by atoms with E-state index in [2.05, 4.69) is 194 Å². The molecule has 0 unspecified atom stereocenters. The van der Waals surface area contributed by atoms with Crippen molar-refractivity contribution < 1.29 is 0 Å². The maximum atomic E-state index is 2.35. The van der Waals surface area contributed by atoms with Crippen molar-refractivity contribution in [1.82, 2.24) is 0 Å². The Balaban J connectivity index is 1.49. The lowest BCUT2D eigenvalue weighted by Crippen LogP contribution is -1.99. The monoisotopic (exact) mass is 632 g/mol. The van der Waals surface area contributed by atoms with E-state index in [-0.39, 0.29) is 0 Å². The van der Waals surface area contributed by atoms with Gasteiger partial charge in [-0.1, -0.05) is 194 Å². The summed E-state index contributed by atoms with van der Waals surface area (Å²) in [6, 6.07) is 71.3. The molecule has 0 bridgehead atoms. The number of hydrogen-bond donors (Lipinski definition) is 0. The number of benzene rings is 9. The van der Waals surface area contributed by atoms with Gasteiger partial charge < -0.3 is 0 Å². The normalized spacial score (nSPS) is 11.6. The average molecular weight is 633 g/mol. The molecule has 0 spiro atoms. The van der Waals surface area contributed by atoms with Crippen molar-refractivity contribution in [2.75, 3.05) is 0 Å². The molecule has 0 atom stereocenters. The second-order valence-corrected chi connectivity index (χ2v) is 13.1. The molecule has 9 aromatic carbocycles. The van der Waals surface area contributed by atoms with E-state index < -0.39 is 0 Å². The fourth-order valence-electron chi connectivity index (χ4n) is 8.37. The molecule has 0 radical (unpaired) electrons. The number of rotatable bonds is 5. The Morgan fingerprint density at radius 2 is 0.600 bits per heavy atom. The topological polar surface area (TPSA) is 0 Å². The zero-order valence-electron chi connectivity index (χ0n) is 27.5. The lowest BCUT2D eigenvalue weighted by Gasteiger charge is -2.26. The molecule has 0 fully saturated rings. The highest BCUT2D eigenvalue weighted by Gasteiger charge is 2.32. The van der Waals surface area contributed by atoms with Crippen molar-refractivity contribution >= 4 is 21.5 Å². The van der Waals surface area contributed by atoms with E-state index in [0.717, 1.165) is 0 Å². The minimum atomic E-state index is 1.21. The van der Waals surface area contributed by atoms with E-state index in [1.54, 1.807) is 0 Å². The summed E-state index contributed by atoms with van der Waals surface area (Å²) in [5.74, 6) is 0. The SMILES string of the molecule is c1ccc(-c2ccccc2-c2c(-c3ccccc3-c3ccccc3)c3c4c(cccc4c2-c2cccc4ccccc24)-c2ccccc2-3)cc1. The second-order valence-electron chi connectivity index (χ2n) is 13.1. The second kappa shape index (κ2) is 11.6. The standard InChI is InChI=1S/C50H32/c1-3-17-33(18-4-1)37-24-9-12-27-41(37)48-46(40-30-15-22-35-21-7-8-23-36(35)40)45-32-16-31-43-39-26-11-14-29-44(39)49(47(43)45)50(48)42-28-13-10-25-38(42)34-19-5-2-6-20-34/h1-32H. The average Bonchev–Trinajstić information content (AvgIpc) is 3.53. The summed E-state index contributed by atoms with van der Waals surface area (Å²) in [6.07, 6.45) is 0. The molecule has 0 heterocycles. The number of hydrogen-bond acceptors (Lipinski definition) is 0. The molecule has 0 saturated heterocycles. The van der Waals surface area contributed by atoms with E-state index in [9.17, 15) is 0 Å². The fourth-order valence-corrected chi connectivity index (χ4v) is 8.37. The van der Waals surface area contributed by atoms with Gasteiger partial charge in [-0.2, -0.15) is 0 Å².